The van der Waals surface area contributed by atoms with Gasteiger partial charge in [-0.1, -0.05) is 43.3 Å². The van der Waals surface area contributed by atoms with Gasteiger partial charge in [-0.2, -0.15) is 0 Å². The lowest BCUT2D eigenvalue weighted by molar-refractivity contribution is -0.385. The SMILES string of the molecule is CCCOc1ccc(/C=C/C(=O)N(CC)Cc2ccccc2)cc1[N+](=O)[O-]. The third-order valence-corrected chi connectivity index (χ3v) is 3.97. The zero-order valence-corrected chi connectivity index (χ0v) is 15.6. The molecule has 2 aromatic carbocycles. The molecule has 142 valence electrons. The van der Waals surface area contributed by atoms with Gasteiger partial charge < -0.3 is 9.64 Å². The molecule has 0 aliphatic rings. The Labute approximate surface area is 159 Å². The first-order valence-corrected chi connectivity index (χ1v) is 8.97. The van der Waals surface area contributed by atoms with Crippen molar-refractivity contribution in [2.45, 2.75) is 26.8 Å². The number of nitro benzene ring substituents is 1. The van der Waals surface area contributed by atoms with Gasteiger partial charge in [0.05, 0.1) is 11.5 Å². The van der Waals surface area contributed by atoms with E-state index < -0.39 is 4.92 Å². The first-order chi connectivity index (χ1) is 13.0. The van der Waals surface area contributed by atoms with Crippen LogP contribution >= 0.6 is 0 Å². The molecule has 0 saturated carbocycles. The minimum Gasteiger partial charge on any atom is -0.487 e. The highest BCUT2D eigenvalue weighted by Crippen LogP contribution is 2.28. The van der Waals surface area contributed by atoms with Crippen molar-refractivity contribution in [2.24, 2.45) is 0 Å². The molecule has 0 saturated heterocycles. The summed E-state index contributed by atoms with van der Waals surface area (Å²) in [5.74, 6) is 0.0971. The molecule has 0 N–H and O–H groups in total. The molecule has 0 atom stereocenters. The van der Waals surface area contributed by atoms with E-state index in [9.17, 15) is 14.9 Å². The Bertz CT molecular complexity index is 803. The number of rotatable bonds is 9. The Balaban J connectivity index is 2.12. The number of nitro groups is 1. The molecule has 0 aliphatic heterocycles. The quantitative estimate of drug-likeness (QED) is 0.372. The number of amides is 1. The Morgan fingerprint density at radius 2 is 1.93 bits per heavy atom. The number of hydrogen-bond acceptors (Lipinski definition) is 4. The van der Waals surface area contributed by atoms with Crippen molar-refractivity contribution in [2.75, 3.05) is 13.2 Å². The standard InChI is InChI=1S/C21H24N2O4/c1-3-14-27-20-12-10-17(15-19(20)23(25)26)11-13-21(24)22(4-2)16-18-8-6-5-7-9-18/h5-13,15H,3-4,14,16H2,1-2H3/b13-11+. The molecule has 0 spiro atoms. The van der Waals surface area contributed by atoms with Crippen molar-refractivity contribution in [1.82, 2.24) is 4.90 Å². The van der Waals surface area contributed by atoms with E-state index in [0.717, 1.165) is 12.0 Å². The van der Waals surface area contributed by atoms with Crippen LogP contribution < -0.4 is 4.74 Å². The van der Waals surface area contributed by atoms with E-state index in [1.165, 1.54) is 12.1 Å². The Hall–Kier alpha value is -3.15. The molecule has 6 nitrogen and oxygen atoms in total. The summed E-state index contributed by atoms with van der Waals surface area (Å²) in [4.78, 5) is 25.0. The largest absolute Gasteiger partial charge is 0.487 e. The number of hydrogen-bond donors (Lipinski definition) is 0. The summed E-state index contributed by atoms with van der Waals surface area (Å²) in [6, 6.07) is 14.4. The van der Waals surface area contributed by atoms with Crippen LogP contribution in [0.15, 0.2) is 54.6 Å². The number of carbonyl (C=O) groups is 1. The van der Waals surface area contributed by atoms with Crippen LogP contribution in [0.4, 0.5) is 5.69 Å². The lowest BCUT2D eigenvalue weighted by Crippen LogP contribution is -2.28. The molecule has 0 bridgehead atoms. The average molecular weight is 368 g/mol. The third kappa shape index (κ3) is 5.95. The molecular weight excluding hydrogens is 344 g/mol. The summed E-state index contributed by atoms with van der Waals surface area (Å²) in [6.45, 7) is 5.36. The third-order valence-electron chi connectivity index (χ3n) is 3.97. The molecule has 0 heterocycles. The fourth-order valence-electron chi connectivity index (χ4n) is 2.54. The zero-order valence-electron chi connectivity index (χ0n) is 15.6. The van der Waals surface area contributed by atoms with Crippen molar-refractivity contribution in [3.05, 3.63) is 75.8 Å². The topological polar surface area (TPSA) is 72.7 Å². The van der Waals surface area contributed by atoms with Crippen LogP contribution in [0.3, 0.4) is 0 Å². The maximum absolute atomic E-state index is 12.5. The maximum Gasteiger partial charge on any atom is 0.311 e. The van der Waals surface area contributed by atoms with Gasteiger partial charge in [0.15, 0.2) is 5.75 Å². The number of benzene rings is 2. The minimum absolute atomic E-state index is 0.102. The van der Waals surface area contributed by atoms with Gasteiger partial charge in [0, 0.05) is 25.2 Å². The Morgan fingerprint density at radius 3 is 2.56 bits per heavy atom. The predicted molar refractivity (Wildman–Crippen MR) is 105 cm³/mol. The van der Waals surface area contributed by atoms with Gasteiger partial charge >= 0.3 is 5.69 Å². The molecule has 0 radical (unpaired) electrons. The molecule has 0 aliphatic carbocycles. The summed E-state index contributed by atoms with van der Waals surface area (Å²) in [6.07, 6.45) is 3.80. The van der Waals surface area contributed by atoms with Crippen molar-refractivity contribution >= 4 is 17.7 Å². The van der Waals surface area contributed by atoms with Crippen molar-refractivity contribution in [3.8, 4) is 5.75 Å². The van der Waals surface area contributed by atoms with Gasteiger partial charge in [0.25, 0.3) is 0 Å². The second-order valence-electron chi connectivity index (χ2n) is 6.00. The van der Waals surface area contributed by atoms with Gasteiger partial charge in [0.2, 0.25) is 5.91 Å². The zero-order chi connectivity index (χ0) is 19.6. The molecule has 6 heteroatoms. The Kier molecular flexibility index (Phi) is 7.55. The van der Waals surface area contributed by atoms with Crippen molar-refractivity contribution in [1.29, 1.82) is 0 Å². The number of carbonyl (C=O) groups excluding carboxylic acids is 1. The summed E-state index contributed by atoms with van der Waals surface area (Å²) >= 11 is 0. The van der Waals surface area contributed by atoms with Gasteiger partial charge in [-0.15, -0.1) is 0 Å². The average Bonchev–Trinajstić information content (AvgIpc) is 2.69. The first-order valence-electron chi connectivity index (χ1n) is 8.97. The molecule has 0 unspecified atom stereocenters. The highest BCUT2D eigenvalue weighted by molar-refractivity contribution is 5.91. The van der Waals surface area contributed by atoms with Crippen molar-refractivity contribution in [3.63, 3.8) is 0 Å². The molecule has 2 aromatic rings. The van der Waals surface area contributed by atoms with Crippen molar-refractivity contribution < 1.29 is 14.5 Å². The fraction of sp³-hybridized carbons (Fsp3) is 0.286. The van der Waals surface area contributed by atoms with E-state index >= 15 is 0 Å². The molecule has 0 aromatic heterocycles. The number of nitrogens with zero attached hydrogens (tertiary/aromatic N) is 2. The van der Waals surface area contributed by atoms with Gasteiger partial charge in [-0.3, -0.25) is 14.9 Å². The molecule has 27 heavy (non-hydrogen) atoms. The minimum atomic E-state index is -0.474. The molecular formula is C21H24N2O4. The maximum atomic E-state index is 12.5. The van der Waals surface area contributed by atoms with E-state index in [1.54, 1.807) is 23.1 Å². The van der Waals surface area contributed by atoms with Gasteiger partial charge in [-0.25, -0.2) is 0 Å². The van der Waals surface area contributed by atoms with E-state index in [4.69, 9.17) is 4.74 Å². The molecule has 1 amide bonds. The fourth-order valence-corrected chi connectivity index (χ4v) is 2.54. The molecule has 2 rings (SSSR count). The normalized spacial score (nSPS) is 10.7. The monoisotopic (exact) mass is 368 g/mol. The second kappa shape index (κ2) is 10.1. The summed E-state index contributed by atoms with van der Waals surface area (Å²) < 4.78 is 5.41. The van der Waals surface area contributed by atoms with Gasteiger partial charge in [0.1, 0.15) is 0 Å². The summed E-state index contributed by atoms with van der Waals surface area (Å²) in [5, 5.41) is 11.3. The lowest BCUT2D eigenvalue weighted by atomic mass is 10.1. The van der Waals surface area contributed by atoms with E-state index in [2.05, 4.69) is 0 Å². The lowest BCUT2D eigenvalue weighted by Gasteiger charge is -2.19. The summed E-state index contributed by atoms with van der Waals surface area (Å²) in [5.41, 5.74) is 1.53. The van der Waals surface area contributed by atoms with E-state index in [0.29, 0.717) is 25.3 Å². The smallest absolute Gasteiger partial charge is 0.311 e. The van der Waals surface area contributed by atoms with Crippen LogP contribution in [0.2, 0.25) is 0 Å². The first kappa shape index (κ1) is 20.2. The second-order valence-corrected chi connectivity index (χ2v) is 6.00. The van der Waals surface area contributed by atoms with Crippen LogP contribution in [-0.2, 0) is 11.3 Å². The highest BCUT2D eigenvalue weighted by Gasteiger charge is 2.15. The Morgan fingerprint density at radius 1 is 1.19 bits per heavy atom. The highest BCUT2D eigenvalue weighted by atomic mass is 16.6. The van der Waals surface area contributed by atoms with Crippen LogP contribution in [0.1, 0.15) is 31.4 Å². The van der Waals surface area contributed by atoms with E-state index in [-0.39, 0.29) is 17.3 Å². The van der Waals surface area contributed by atoms with Crippen LogP contribution in [0.5, 0.6) is 5.75 Å². The predicted octanol–water partition coefficient (Wildman–Crippen LogP) is 4.45. The van der Waals surface area contributed by atoms with Crippen LogP contribution in [-0.4, -0.2) is 28.9 Å². The number of ether oxygens (including phenoxy) is 1. The van der Waals surface area contributed by atoms with E-state index in [1.807, 2.05) is 44.2 Å². The number of likely N-dealkylation sites (N-methyl/N-ethyl adjacent to an activating group) is 1. The van der Waals surface area contributed by atoms with Crippen LogP contribution in [0.25, 0.3) is 6.08 Å². The molecule has 0 fully saturated rings. The van der Waals surface area contributed by atoms with Crippen LogP contribution in [0, 0.1) is 10.1 Å². The summed E-state index contributed by atoms with van der Waals surface area (Å²) in [7, 11) is 0. The van der Waals surface area contributed by atoms with Gasteiger partial charge in [-0.05, 0) is 36.6 Å².